The Balaban J connectivity index is 2.26. The molecule has 2 rings (SSSR count). The smallest absolute Gasteiger partial charge is 0.0445 e. The van der Waals surface area contributed by atoms with Gasteiger partial charge in [0.2, 0.25) is 0 Å². The van der Waals surface area contributed by atoms with Gasteiger partial charge in [0.15, 0.2) is 0 Å². The van der Waals surface area contributed by atoms with Crippen LogP contribution in [0.3, 0.4) is 0 Å². The molecule has 0 aromatic rings. The van der Waals surface area contributed by atoms with Crippen molar-refractivity contribution < 1.29 is 0 Å². The molecular formula is C13H25N3. The number of nitrogens with zero attached hydrogens (tertiary/aromatic N) is 3. The fourth-order valence-electron chi connectivity index (χ4n) is 3.51. The van der Waals surface area contributed by atoms with Crippen molar-refractivity contribution >= 4 is 5.71 Å². The SMILES string of the molecule is CC(C)C1/C(=N/N(C)C)CC2CCC1N2C. The normalized spacial score (nSPS) is 37.4. The highest BCUT2D eigenvalue weighted by Crippen LogP contribution is 2.39. The summed E-state index contributed by atoms with van der Waals surface area (Å²) in [5, 5.41) is 6.71. The van der Waals surface area contributed by atoms with Gasteiger partial charge < -0.3 is 5.01 Å². The molecule has 2 aliphatic rings. The third kappa shape index (κ3) is 1.97. The molecule has 92 valence electrons. The molecule has 3 atom stereocenters. The largest absolute Gasteiger partial charge is 0.303 e. The summed E-state index contributed by atoms with van der Waals surface area (Å²) in [6.45, 7) is 4.67. The third-order valence-electron chi connectivity index (χ3n) is 4.19. The van der Waals surface area contributed by atoms with Crippen LogP contribution in [0.2, 0.25) is 0 Å². The zero-order valence-electron chi connectivity index (χ0n) is 11.3. The number of rotatable bonds is 2. The standard InChI is InChI=1S/C13H25N3/c1-9(2)13-11(14-15(3)4)8-10-6-7-12(13)16(10)5/h9-10,12-13H,6-8H2,1-5H3/b14-11+. The van der Waals surface area contributed by atoms with Gasteiger partial charge in [-0.1, -0.05) is 13.8 Å². The second-order valence-corrected chi connectivity index (χ2v) is 5.88. The van der Waals surface area contributed by atoms with E-state index in [1.54, 1.807) is 0 Å². The maximum Gasteiger partial charge on any atom is 0.0445 e. The third-order valence-corrected chi connectivity index (χ3v) is 4.19. The molecule has 2 heterocycles. The van der Waals surface area contributed by atoms with Crippen LogP contribution in [-0.4, -0.2) is 48.8 Å². The highest BCUT2D eigenvalue weighted by atomic mass is 15.4. The van der Waals surface area contributed by atoms with Crippen LogP contribution >= 0.6 is 0 Å². The maximum atomic E-state index is 4.74. The van der Waals surface area contributed by atoms with Gasteiger partial charge >= 0.3 is 0 Å². The van der Waals surface area contributed by atoms with E-state index >= 15 is 0 Å². The molecule has 3 unspecified atom stereocenters. The van der Waals surface area contributed by atoms with E-state index in [0.717, 1.165) is 12.1 Å². The van der Waals surface area contributed by atoms with Crippen LogP contribution in [0.1, 0.15) is 33.1 Å². The summed E-state index contributed by atoms with van der Waals surface area (Å²) in [5.41, 5.74) is 1.44. The minimum atomic E-state index is 0.658. The molecule has 3 nitrogen and oxygen atoms in total. The second-order valence-electron chi connectivity index (χ2n) is 5.88. The summed E-state index contributed by atoms with van der Waals surface area (Å²) in [7, 11) is 6.36. The first-order chi connectivity index (χ1) is 7.50. The average molecular weight is 223 g/mol. The molecule has 0 N–H and O–H groups in total. The van der Waals surface area contributed by atoms with Crippen molar-refractivity contribution in [1.29, 1.82) is 0 Å². The van der Waals surface area contributed by atoms with E-state index in [1.165, 1.54) is 25.0 Å². The molecule has 3 heteroatoms. The first-order valence-corrected chi connectivity index (χ1v) is 6.47. The Hall–Kier alpha value is -0.570. The van der Waals surface area contributed by atoms with Gasteiger partial charge in [0.1, 0.15) is 0 Å². The van der Waals surface area contributed by atoms with Crippen molar-refractivity contribution in [3.8, 4) is 0 Å². The molecule has 0 spiro atoms. The summed E-state index contributed by atoms with van der Waals surface area (Å²) < 4.78 is 0. The van der Waals surface area contributed by atoms with E-state index in [9.17, 15) is 0 Å². The van der Waals surface area contributed by atoms with Crippen molar-refractivity contribution in [2.75, 3.05) is 21.1 Å². The Kier molecular flexibility index (Phi) is 3.24. The molecular weight excluding hydrogens is 198 g/mol. The Bertz CT molecular complexity index is 283. The highest BCUT2D eigenvalue weighted by Gasteiger charge is 2.44. The average Bonchev–Trinajstić information content (AvgIpc) is 2.44. The number of fused-ring (bicyclic) bond motifs is 2. The fourth-order valence-corrected chi connectivity index (χ4v) is 3.51. The van der Waals surface area contributed by atoms with Gasteiger partial charge in [0.05, 0.1) is 0 Å². The zero-order valence-corrected chi connectivity index (χ0v) is 11.3. The Labute approximate surface area is 99.5 Å². The van der Waals surface area contributed by atoms with Crippen molar-refractivity contribution in [2.45, 2.75) is 45.2 Å². The molecule has 0 aromatic carbocycles. The topological polar surface area (TPSA) is 18.8 Å². The van der Waals surface area contributed by atoms with Crippen molar-refractivity contribution in [1.82, 2.24) is 9.91 Å². The quantitative estimate of drug-likeness (QED) is 0.667. The van der Waals surface area contributed by atoms with Crippen LogP contribution in [0.25, 0.3) is 0 Å². The Morgan fingerprint density at radius 3 is 2.56 bits per heavy atom. The van der Waals surface area contributed by atoms with Crippen LogP contribution in [0.4, 0.5) is 0 Å². The van der Waals surface area contributed by atoms with Gasteiger partial charge in [-0.05, 0) is 25.8 Å². The number of piperidine rings is 1. The zero-order chi connectivity index (χ0) is 11.9. The van der Waals surface area contributed by atoms with Gasteiger partial charge in [-0.3, -0.25) is 4.90 Å². The number of hydrogen-bond donors (Lipinski definition) is 0. The molecule has 0 amide bonds. The summed E-state index contributed by atoms with van der Waals surface area (Å²) in [5.74, 6) is 1.36. The van der Waals surface area contributed by atoms with Crippen molar-refractivity contribution in [3.05, 3.63) is 0 Å². The lowest BCUT2D eigenvalue weighted by Gasteiger charge is -2.40. The molecule has 0 aliphatic carbocycles. The summed E-state index contributed by atoms with van der Waals surface area (Å²) >= 11 is 0. The van der Waals surface area contributed by atoms with Crippen LogP contribution in [0.5, 0.6) is 0 Å². The van der Waals surface area contributed by atoms with E-state index in [1.807, 2.05) is 19.1 Å². The lowest BCUT2D eigenvalue weighted by Crippen LogP contribution is -2.49. The molecule has 2 bridgehead atoms. The fraction of sp³-hybridized carbons (Fsp3) is 0.923. The lowest BCUT2D eigenvalue weighted by atomic mass is 9.80. The molecule has 2 fully saturated rings. The van der Waals surface area contributed by atoms with E-state index in [-0.39, 0.29) is 0 Å². The minimum Gasteiger partial charge on any atom is -0.303 e. The monoisotopic (exact) mass is 223 g/mol. The van der Waals surface area contributed by atoms with Gasteiger partial charge in [0, 0.05) is 44.2 Å². The maximum absolute atomic E-state index is 4.74. The molecule has 0 aromatic heterocycles. The predicted molar refractivity (Wildman–Crippen MR) is 68.6 cm³/mol. The minimum absolute atomic E-state index is 0.658. The van der Waals surface area contributed by atoms with Gasteiger partial charge in [-0.2, -0.15) is 5.10 Å². The van der Waals surface area contributed by atoms with E-state index in [2.05, 4.69) is 25.8 Å². The Morgan fingerprint density at radius 1 is 1.31 bits per heavy atom. The van der Waals surface area contributed by atoms with Crippen LogP contribution in [0.15, 0.2) is 5.10 Å². The number of hydrazone groups is 1. The van der Waals surface area contributed by atoms with Gasteiger partial charge in [-0.15, -0.1) is 0 Å². The van der Waals surface area contributed by atoms with Crippen molar-refractivity contribution in [3.63, 3.8) is 0 Å². The summed E-state index contributed by atoms with van der Waals surface area (Å²) in [6.07, 6.45) is 3.89. The summed E-state index contributed by atoms with van der Waals surface area (Å²) in [6, 6.07) is 1.48. The van der Waals surface area contributed by atoms with Crippen molar-refractivity contribution in [2.24, 2.45) is 16.9 Å². The first-order valence-electron chi connectivity index (χ1n) is 6.47. The molecule has 0 radical (unpaired) electrons. The van der Waals surface area contributed by atoms with E-state index in [0.29, 0.717) is 11.8 Å². The summed E-state index contributed by atoms with van der Waals surface area (Å²) in [4.78, 5) is 2.60. The van der Waals surface area contributed by atoms with E-state index < -0.39 is 0 Å². The van der Waals surface area contributed by atoms with E-state index in [4.69, 9.17) is 5.10 Å². The molecule has 16 heavy (non-hydrogen) atoms. The predicted octanol–water partition coefficient (Wildman–Crippen LogP) is 2.04. The van der Waals surface area contributed by atoms with Gasteiger partial charge in [0.25, 0.3) is 0 Å². The second kappa shape index (κ2) is 4.36. The Morgan fingerprint density at radius 2 is 2.00 bits per heavy atom. The van der Waals surface area contributed by atoms with Gasteiger partial charge in [-0.25, -0.2) is 0 Å². The highest BCUT2D eigenvalue weighted by molar-refractivity contribution is 5.89. The molecule has 2 aliphatic heterocycles. The number of hydrogen-bond acceptors (Lipinski definition) is 3. The van der Waals surface area contributed by atoms with Crippen LogP contribution < -0.4 is 0 Å². The van der Waals surface area contributed by atoms with Crippen LogP contribution in [0, 0.1) is 11.8 Å². The lowest BCUT2D eigenvalue weighted by molar-refractivity contribution is 0.164. The molecule has 2 saturated heterocycles. The molecule has 0 saturated carbocycles. The van der Waals surface area contributed by atoms with Crippen LogP contribution in [-0.2, 0) is 0 Å². The first kappa shape index (κ1) is 11.9.